The van der Waals surface area contributed by atoms with Crippen molar-refractivity contribution < 1.29 is 8.81 Å². The third kappa shape index (κ3) is 2.60. The summed E-state index contributed by atoms with van der Waals surface area (Å²) in [6.07, 6.45) is 0.783. The van der Waals surface area contributed by atoms with Crippen LogP contribution in [0.1, 0.15) is 25.1 Å². The molecule has 0 amide bonds. The van der Waals surface area contributed by atoms with Gasteiger partial charge in [0.05, 0.1) is 16.6 Å². The van der Waals surface area contributed by atoms with Crippen molar-refractivity contribution in [2.24, 2.45) is 5.73 Å². The maximum atomic E-state index is 13.1. The van der Waals surface area contributed by atoms with Gasteiger partial charge >= 0.3 is 0 Å². The normalized spacial score (nSPS) is 12.7. The van der Waals surface area contributed by atoms with Crippen molar-refractivity contribution in [2.45, 2.75) is 19.4 Å². The van der Waals surface area contributed by atoms with E-state index in [1.54, 1.807) is 6.07 Å². The highest BCUT2D eigenvalue weighted by molar-refractivity contribution is 9.10. The molecule has 2 N–H and O–H groups in total. The van der Waals surface area contributed by atoms with E-state index in [1.165, 1.54) is 12.1 Å². The highest BCUT2D eigenvalue weighted by atomic mass is 79.9. The Balaban J connectivity index is 2.46. The Morgan fingerprint density at radius 1 is 1.44 bits per heavy atom. The van der Waals surface area contributed by atoms with E-state index in [0.717, 1.165) is 6.42 Å². The standard InChI is InChI=1S/C13H12BrClFNO/c1-2-10(17)11-3-4-12(18-11)13-8(14)5-7(16)6-9(13)15/h3-6,10H,2,17H2,1H3. The molecule has 1 atom stereocenters. The molecule has 1 unspecified atom stereocenters. The number of hydrogen-bond acceptors (Lipinski definition) is 2. The highest BCUT2D eigenvalue weighted by Crippen LogP contribution is 2.37. The van der Waals surface area contributed by atoms with E-state index in [1.807, 2.05) is 13.0 Å². The quantitative estimate of drug-likeness (QED) is 0.867. The molecule has 2 nitrogen and oxygen atoms in total. The number of hydrogen-bond donors (Lipinski definition) is 1. The minimum atomic E-state index is -0.396. The minimum Gasteiger partial charge on any atom is -0.459 e. The molecular formula is C13H12BrClFNO. The summed E-state index contributed by atoms with van der Waals surface area (Å²) >= 11 is 9.31. The Morgan fingerprint density at radius 2 is 2.17 bits per heavy atom. The number of halogens is 3. The molecule has 0 bridgehead atoms. The van der Waals surface area contributed by atoms with E-state index in [-0.39, 0.29) is 6.04 Å². The molecule has 1 heterocycles. The molecule has 1 aromatic heterocycles. The molecule has 2 rings (SSSR count). The van der Waals surface area contributed by atoms with Crippen molar-refractivity contribution >= 4 is 27.5 Å². The average Bonchev–Trinajstić information content (AvgIpc) is 2.76. The van der Waals surface area contributed by atoms with Crippen LogP contribution >= 0.6 is 27.5 Å². The zero-order valence-corrected chi connectivity index (χ0v) is 12.1. The van der Waals surface area contributed by atoms with Crippen molar-refractivity contribution in [3.05, 3.63) is 45.3 Å². The Bertz CT molecular complexity index is 547. The smallest absolute Gasteiger partial charge is 0.137 e. The van der Waals surface area contributed by atoms with Crippen molar-refractivity contribution in [1.82, 2.24) is 0 Å². The van der Waals surface area contributed by atoms with Gasteiger partial charge in [-0.25, -0.2) is 4.39 Å². The van der Waals surface area contributed by atoms with Crippen molar-refractivity contribution in [3.8, 4) is 11.3 Å². The SMILES string of the molecule is CCC(N)c1ccc(-c2c(Cl)cc(F)cc2Br)o1. The van der Waals surface area contributed by atoms with Gasteiger partial charge in [-0.2, -0.15) is 0 Å². The van der Waals surface area contributed by atoms with Crippen LogP contribution < -0.4 is 5.73 Å². The number of benzene rings is 1. The summed E-state index contributed by atoms with van der Waals surface area (Å²) in [5, 5.41) is 0.299. The van der Waals surface area contributed by atoms with Gasteiger partial charge in [0.2, 0.25) is 0 Å². The zero-order valence-electron chi connectivity index (χ0n) is 9.71. The second kappa shape index (κ2) is 5.43. The molecule has 0 aliphatic carbocycles. The fourth-order valence-corrected chi connectivity index (χ4v) is 2.71. The van der Waals surface area contributed by atoms with Crippen LogP contribution in [-0.4, -0.2) is 0 Å². The highest BCUT2D eigenvalue weighted by Gasteiger charge is 2.16. The summed E-state index contributed by atoms with van der Waals surface area (Å²) < 4.78 is 19.4. The number of rotatable bonds is 3. The fraction of sp³-hybridized carbons (Fsp3) is 0.231. The van der Waals surface area contributed by atoms with Crippen LogP contribution in [-0.2, 0) is 0 Å². The Morgan fingerprint density at radius 3 is 2.78 bits per heavy atom. The maximum absolute atomic E-state index is 13.1. The van der Waals surface area contributed by atoms with E-state index >= 15 is 0 Å². The summed E-state index contributed by atoms with van der Waals surface area (Å²) in [5.41, 5.74) is 6.52. The first-order chi connectivity index (χ1) is 8.52. The summed E-state index contributed by atoms with van der Waals surface area (Å²) in [6.45, 7) is 1.98. The lowest BCUT2D eigenvalue weighted by Gasteiger charge is -2.06. The lowest BCUT2D eigenvalue weighted by molar-refractivity contribution is 0.470. The summed E-state index contributed by atoms with van der Waals surface area (Å²) in [5.74, 6) is 0.873. The van der Waals surface area contributed by atoms with Crippen molar-refractivity contribution in [2.75, 3.05) is 0 Å². The molecule has 0 aliphatic heterocycles. The van der Waals surface area contributed by atoms with Crippen LogP contribution in [0.15, 0.2) is 33.2 Å². The van der Waals surface area contributed by atoms with Gasteiger partial charge in [-0.15, -0.1) is 0 Å². The first-order valence-electron chi connectivity index (χ1n) is 5.53. The van der Waals surface area contributed by atoms with Crippen LogP contribution in [0.2, 0.25) is 5.02 Å². The van der Waals surface area contributed by atoms with Crippen LogP contribution in [0.25, 0.3) is 11.3 Å². The van der Waals surface area contributed by atoms with E-state index < -0.39 is 5.82 Å². The molecule has 2 aromatic rings. The van der Waals surface area contributed by atoms with Gasteiger partial charge in [0.1, 0.15) is 17.3 Å². The second-order valence-electron chi connectivity index (χ2n) is 3.96. The molecule has 18 heavy (non-hydrogen) atoms. The van der Waals surface area contributed by atoms with Crippen LogP contribution in [0.3, 0.4) is 0 Å². The largest absolute Gasteiger partial charge is 0.459 e. The van der Waals surface area contributed by atoms with Gasteiger partial charge in [0.15, 0.2) is 0 Å². The molecule has 0 spiro atoms. The van der Waals surface area contributed by atoms with Gasteiger partial charge in [-0.05, 0) is 46.6 Å². The lowest BCUT2D eigenvalue weighted by atomic mass is 10.1. The fourth-order valence-electron chi connectivity index (χ4n) is 1.67. The van der Waals surface area contributed by atoms with Gasteiger partial charge in [0.25, 0.3) is 0 Å². The minimum absolute atomic E-state index is 0.142. The predicted molar refractivity (Wildman–Crippen MR) is 74.0 cm³/mol. The second-order valence-corrected chi connectivity index (χ2v) is 5.22. The molecule has 0 radical (unpaired) electrons. The summed E-state index contributed by atoms with van der Waals surface area (Å²) in [4.78, 5) is 0. The number of nitrogens with two attached hydrogens (primary N) is 1. The molecule has 0 saturated carbocycles. The van der Waals surface area contributed by atoms with E-state index in [0.29, 0.717) is 26.6 Å². The molecule has 1 aromatic carbocycles. The van der Waals surface area contributed by atoms with Crippen LogP contribution in [0.5, 0.6) is 0 Å². The summed E-state index contributed by atoms with van der Waals surface area (Å²) in [7, 11) is 0. The van der Waals surface area contributed by atoms with E-state index in [9.17, 15) is 4.39 Å². The first-order valence-corrected chi connectivity index (χ1v) is 6.70. The number of furan rings is 1. The average molecular weight is 333 g/mol. The van der Waals surface area contributed by atoms with Gasteiger partial charge in [-0.1, -0.05) is 18.5 Å². The van der Waals surface area contributed by atoms with Gasteiger partial charge in [-0.3, -0.25) is 0 Å². The maximum Gasteiger partial charge on any atom is 0.137 e. The lowest BCUT2D eigenvalue weighted by Crippen LogP contribution is -2.06. The van der Waals surface area contributed by atoms with E-state index in [4.69, 9.17) is 21.8 Å². The Kier molecular flexibility index (Phi) is 4.10. The predicted octanol–water partition coefficient (Wildman–Crippen LogP) is 4.91. The van der Waals surface area contributed by atoms with Crippen LogP contribution in [0, 0.1) is 5.82 Å². The van der Waals surface area contributed by atoms with Crippen molar-refractivity contribution in [1.29, 1.82) is 0 Å². The van der Waals surface area contributed by atoms with E-state index in [2.05, 4.69) is 15.9 Å². The monoisotopic (exact) mass is 331 g/mol. The third-order valence-electron chi connectivity index (χ3n) is 2.69. The molecule has 0 aliphatic rings. The topological polar surface area (TPSA) is 39.2 Å². The molecule has 0 saturated heterocycles. The third-order valence-corrected chi connectivity index (χ3v) is 3.61. The van der Waals surface area contributed by atoms with Gasteiger partial charge in [0, 0.05) is 4.47 Å². The molecule has 96 valence electrons. The van der Waals surface area contributed by atoms with Crippen molar-refractivity contribution in [3.63, 3.8) is 0 Å². The zero-order chi connectivity index (χ0) is 13.3. The molecule has 0 fully saturated rings. The Hall–Kier alpha value is -0.840. The molecule has 5 heteroatoms. The first kappa shape index (κ1) is 13.6. The van der Waals surface area contributed by atoms with Crippen LogP contribution in [0.4, 0.5) is 4.39 Å². The summed E-state index contributed by atoms with van der Waals surface area (Å²) in [6, 6.07) is 6.06. The Labute approximate surface area is 118 Å². The molecular weight excluding hydrogens is 321 g/mol. The van der Waals surface area contributed by atoms with Gasteiger partial charge < -0.3 is 10.2 Å².